The van der Waals surface area contributed by atoms with Crippen LogP contribution in [0.15, 0.2) is 23.1 Å². The first-order chi connectivity index (χ1) is 13.9. The van der Waals surface area contributed by atoms with Gasteiger partial charge < -0.3 is 14.8 Å². The van der Waals surface area contributed by atoms with E-state index in [-0.39, 0.29) is 5.69 Å². The monoisotopic (exact) mass is 397 g/mol. The van der Waals surface area contributed by atoms with Crippen molar-refractivity contribution in [2.75, 3.05) is 18.5 Å². The van der Waals surface area contributed by atoms with E-state index in [4.69, 9.17) is 9.47 Å². The maximum Gasteiger partial charge on any atom is 0.330 e. The van der Waals surface area contributed by atoms with Gasteiger partial charge in [-0.2, -0.15) is 4.98 Å². The summed E-state index contributed by atoms with van der Waals surface area (Å²) in [5.74, 6) is 1.76. The molecule has 9 heteroatoms. The SMILES string of the molecule is Cc1cc2c(cc1Nc1ncc3c(n1)n(C14CC(F)(C1)C4)c(=O)n3C)OCCO2. The van der Waals surface area contributed by atoms with Gasteiger partial charge in [0.1, 0.15) is 24.4 Å². The van der Waals surface area contributed by atoms with Crippen LogP contribution in [0.5, 0.6) is 11.5 Å². The van der Waals surface area contributed by atoms with E-state index in [0.29, 0.717) is 55.3 Å². The summed E-state index contributed by atoms with van der Waals surface area (Å²) in [6.07, 6.45) is 2.78. The van der Waals surface area contributed by atoms with Gasteiger partial charge in [0.2, 0.25) is 5.95 Å². The summed E-state index contributed by atoms with van der Waals surface area (Å²) >= 11 is 0. The van der Waals surface area contributed by atoms with Gasteiger partial charge in [0.05, 0.1) is 11.7 Å². The molecule has 0 spiro atoms. The second kappa shape index (κ2) is 5.28. The highest BCUT2D eigenvalue weighted by molar-refractivity contribution is 5.74. The molecule has 150 valence electrons. The van der Waals surface area contributed by atoms with Crippen molar-refractivity contribution in [3.8, 4) is 11.5 Å². The molecule has 2 bridgehead atoms. The van der Waals surface area contributed by atoms with Crippen molar-refractivity contribution in [2.24, 2.45) is 7.05 Å². The Balaban J connectivity index is 1.42. The smallest absolute Gasteiger partial charge is 0.330 e. The van der Waals surface area contributed by atoms with Crippen molar-refractivity contribution in [3.05, 3.63) is 34.4 Å². The fourth-order valence-corrected chi connectivity index (χ4v) is 4.90. The van der Waals surface area contributed by atoms with Gasteiger partial charge in [0.15, 0.2) is 17.1 Å². The van der Waals surface area contributed by atoms with Crippen LogP contribution < -0.4 is 20.5 Å². The van der Waals surface area contributed by atoms with Gasteiger partial charge in [-0.3, -0.25) is 9.13 Å². The van der Waals surface area contributed by atoms with Crippen molar-refractivity contribution in [1.29, 1.82) is 0 Å². The predicted octanol–water partition coefficient (Wildman–Crippen LogP) is 2.55. The summed E-state index contributed by atoms with van der Waals surface area (Å²) < 4.78 is 28.6. The van der Waals surface area contributed by atoms with E-state index in [0.717, 1.165) is 17.0 Å². The number of alkyl halides is 1. The molecule has 7 rings (SSSR count). The highest BCUT2D eigenvalue weighted by Crippen LogP contribution is 2.67. The fraction of sp³-hybridized carbons (Fsp3) is 0.450. The van der Waals surface area contributed by atoms with Crippen molar-refractivity contribution < 1.29 is 13.9 Å². The van der Waals surface area contributed by atoms with Gasteiger partial charge in [0, 0.05) is 38.1 Å². The van der Waals surface area contributed by atoms with Crippen LogP contribution in [0.25, 0.3) is 11.2 Å². The van der Waals surface area contributed by atoms with Crippen molar-refractivity contribution in [1.82, 2.24) is 19.1 Å². The molecule has 1 N–H and O–H groups in total. The minimum absolute atomic E-state index is 0.177. The third-order valence-corrected chi connectivity index (χ3v) is 6.35. The van der Waals surface area contributed by atoms with Gasteiger partial charge in [-0.1, -0.05) is 0 Å². The Bertz CT molecular complexity index is 1230. The lowest BCUT2D eigenvalue weighted by Gasteiger charge is -2.65. The molecule has 3 aromatic rings. The Morgan fingerprint density at radius 1 is 1.17 bits per heavy atom. The van der Waals surface area contributed by atoms with E-state index in [2.05, 4.69) is 15.3 Å². The van der Waals surface area contributed by atoms with Gasteiger partial charge in [-0.05, 0) is 18.6 Å². The predicted molar refractivity (Wildman–Crippen MR) is 104 cm³/mol. The van der Waals surface area contributed by atoms with Crippen LogP contribution in [-0.2, 0) is 12.6 Å². The molecule has 3 aliphatic carbocycles. The summed E-state index contributed by atoms with van der Waals surface area (Å²) in [5.41, 5.74) is 1.21. The first-order valence-corrected chi connectivity index (χ1v) is 9.69. The lowest BCUT2D eigenvalue weighted by atomic mass is 9.47. The molecule has 3 saturated carbocycles. The number of rotatable bonds is 3. The first-order valence-electron chi connectivity index (χ1n) is 9.69. The minimum atomic E-state index is -1.10. The lowest BCUT2D eigenvalue weighted by Crippen LogP contribution is -2.71. The zero-order chi connectivity index (χ0) is 20.0. The van der Waals surface area contributed by atoms with Gasteiger partial charge in [0.25, 0.3) is 0 Å². The van der Waals surface area contributed by atoms with Gasteiger partial charge in [-0.15, -0.1) is 0 Å². The molecule has 1 aromatic carbocycles. The molecule has 1 aliphatic heterocycles. The molecule has 4 aliphatic rings. The number of imidazole rings is 1. The van der Waals surface area contributed by atoms with E-state index >= 15 is 0 Å². The van der Waals surface area contributed by atoms with E-state index in [1.54, 1.807) is 17.8 Å². The second-order valence-corrected chi connectivity index (χ2v) is 8.42. The Hall–Kier alpha value is -3.10. The van der Waals surface area contributed by atoms with E-state index in [1.165, 1.54) is 4.57 Å². The highest BCUT2D eigenvalue weighted by atomic mass is 19.1. The molecule has 0 amide bonds. The Labute approximate surface area is 165 Å². The third kappa shape index (κ3) is 2.21. The maximum absolute atomic E-state index is 14.1. The average molecular weight is 397 g/mol. The molecule has 0 saturated heterocycles. The summed E-state index contributed by atoms with van der Waals surface area (Å²) in [5, 5.41) is 3.22. The maximum atomic E-state index is 14.1. The lowest BCUT2D eigenvalue weighted by molar-refractivity contribution is -0.197. The van der Waals surface area contributed by atoms with Gasteiger partial charge in [-0.25, -0.2) is 14.2 Å². The average Bonchev–Trinajstić information content (AvgIpc) is 2.89. The molecule has 2 aromatic heterocycles. The zero-order valence-electron chi connectivity index (χ0n) is 16.2. The van der Waals surface area contributed by atoms with Crippen LogP contribution in [-0.4, -0.2) is 38.0 Å². The largest absolute Gasteiger partial charge is 0.486 e. The quantitative estimate of drug-likeness (QED) is 0.731. The normalized spacial score (nSPS) is 26.7. The standard InChI is InChI=1S/C20H20FN5O3/c1-11-5-14-15(29-4-3-28-14)6-12(11)23-17-22-7-13-16(24-17)26(18(27)25(13)2)20-8-19(21,9-20)10-20/h5-7H,3-4,8-10H2,1-2H3,(H,22,23,24). The summed E-state index contributed by atoms with van der Waals surface area (Å²) in [6, 6.07) is 3.78. The van der Waals surface area contributed by atoms with Crippen molar-refractivity contribution in [3.63, 3.8) is 0 Å². The number of aryl methyl sites for hydroxylation is 2. The van der Waals surface area contributed by atoms with Crippen LogP contribution in [0.4, 0.5) is 16.0 Å². The minimum Gasteiger partial charge on any atom is -0.486 e. The number of aromatic nitrogens is 4. The molecule has 0 unspecified atom stereocenters. The third-order valence-electron chi connectivity index (χ3n) is 6.35. The van der Waals surface area contributed by atoms with Crippen LogP contribution >= 0.6 is 0 Å². The number of halogens is 1. The molecule has 8 nitrogen and oxygen atoms in total. The number of nitrogens with zero attached hydrogens (tertiary/aromatic N) is 4. The Kier molecular flexibility index (Phi) is 3.06. The van der Waals surface area contributed by atoms with Crippen molar-refractivity contribution >= 4 is 22.8 Å². The van der Waals surface area contributed by atoms with Crippen LogP contribution in [0, 0.1) is 6.92 Å². The summed E-state index contributed by atoms with van der Waals surface area (Å²) in [4.78, 5) is 21.8. The molecular weight excluding hydrogens is 377 g/mol. The number of hydrogen-bond donors (Lipinski definition) is 1. The highest BCUT2D eigenvalue weighted by Gasteiger charge is 2.71. The van der Waals surface area contributed by atoms with E-state index in [9.17, 15) is 9.18 Å². The summed E-state index contributed by atoms with van der Waals surface area (Å²) in [6.45, 7) is 3.00. The molecule has 3 heterocycles. The molecule has 29 heavy (non-hydrogen) atoms. The van der Waals surface area contributed by atoms with Crippen LogP contribution in [0.1, 0.15) is 24.8 Å². The number of fused-ring (bicyclic) bond motifs is 2. The molecule has 3 fully saturated rings. The fourth-order valence-electron chi connectivity index (χ4n) is 4.90. The topological polar surface area (TPSA) is 83.2 Å². The van der Waals surface area contributed by atoms with Gasteiger partial charge >= 0.3 is 5.69 Å². The number of nitrogens with one attached hydrogen (secondary N) is 1. The Morgan fingerprint density at radius 3 is 2.55 bits per heavy atom. The second-order valence-electron chi connectivity index (χ2n) is 8.42. The molecular formula is C20H20FN5O3. The number of ether oxygens (including phenoxy) is 2. The molecule has 0 radical (unpaired) electrons. The summed E-state index contributed by atoms with van der Waals surface area (Å²) in [7, 11) is 1.69. The molecule has 0 atom stereocenters. The number of anilines is 2. The Morgan fingerprint density at radius 2 is 1.86 bits per heavy atom. The van der Waals surface area contributed by atoms with Crippen LogP contribution in [0.2, 0.25) is 0 Å². The first kappa shape index (κ1) is 16.8. The number of benzene rings is 1. The zero-order valence-corrected chi connectivity index (χ0v) is 16.2. The van der Waals surface area contributed by atoms with Crippen LogP contribution in [0.3, 0.4) is 0 Å². The van der Waals surface area contributed by atoms with E-state index < -0.39 is 11.2 Å². The van der Waals surface area contributed by atoms with Crippen molar-refractivity contribution in [2.45, 2.75) is 37.4 Å². The van der Waals surface area contributed by atoms with E-state index in [1.807, 2.05) is 19.1 Å². The number of hydrogen-bond acceptors (Lipinski definition) is 6.